The van der Waals surface area contributed by atoms with E-state index in [9.17, 15) is 10.1 Å². The van der Waals surface area contributed by atoms with Crippen LogP contribution in [0.2, 0.25) is 0 Å². The highest BCUT2D eigenvalue weighted by atomic mass is 32.1. The van der Waals surface area contributed by atoms with Crippen LogP contribution < -0.4 is 5.32 Å². The summed E-state index contributed by atoms with van der Waals surface area (Å²) in [5, 5.41) is 15.9. The average Bonchev–Trinajstić information content (AvgIpc) is 3.17. The molecular formula is C17H13N3O3S. The largest absolute Gasteiger partial charge is 0.459 e. The molecule has 0 saturated heterocycles. The number of fused-ring (bicyclic) bond motifs is 2. The Bertz CT molecular complexity index is 1020. The van der Waals surface area contributed by atoms with Crippen LogP contribution in [0.1, 0.15) is 18.7 Å². The Morgan fingerprint density at radius 3 is 2.88 bits per heavy atom. The van der Waals surface area contributed by atoms with Gasteiger partial charge in [-0.2, -0.15) is 0 Å². The van der Waals surface area contributed by atoms with Gasteiger partial charge in [-0.05, 0) is 25.1 Å². The topological polar surface area (TPSA) is 81.2 Å². The van der Waals surface area contributed by atoms with Crippen LogP contribution in [0, 0.1) is 10.1 Å². The van der Waals surface area contributed by atoms with Gasteiger partial charge in [0.1, 0.15) is 11.3 Å². The van der Waals surface area contributed by atoms with E-state index in [-0.39, 0.29) is 11.7 Å². The highest BCUT2D eigenvalue weighted by Gasteiger charge is 2.15. The van der Waals surface area contributed by atoms with Gasteiger partial charge in [0.2, 0.25) is 0 Å². The second-order valence-electron chi connectivity index (χ2n) is 5.48. The first-order valence-corrected chi connectivity index (χ1v) is 8.22. The third-order valence-corrected chi connectivity index (χ3v) is 4.74. The number of anilines is 1. The second-order valence-corrected chi connectivity index (χ2v) is 6.51. The average molecular weight is 339 g/mol. The minimum Gasteiger partial charge on any atom is -0.459 e. The van der Waals surface area contributed by atoms with E-state index >= 15 is 0 Å². The van der Waals surface area contributed by atoms with Gasteiger partial charge in [-0.25, -0.2) is 4.98 Å². The van der Waals surface area contributed by atoms with Crippen LogP contribution in [-0.2, 0) is 0 Å². The number of hydrogen-bond acceptors (Lipinski definition) is 6. The minimum absolute atomic E-state index is 0.0621. The number of rotatable bonds is 4. The van der Waals surface area contributed by atoms with Crippen molar-refractivity contribution in [3.8, 4) is 0 Å². The molecule has 0 fully saturated rings. The van der Waals surface area contributed by atoms with Gasteiger partial charge in [-0.1, -0.05) is 29.5 Å². The predicted molar refractivity (Wildman–Crippen MR) is 94.5 cm³/mol. The van der Waals surface area contributed by atoms with Crippen molar-refractivity contribution in [1.82, 2.24) is 4.98 Å². The maximum absolute atomic E-state index is 10.9. The molecule has 1 unspecified atom stereocenters. The molecule has 0 aliphatic rings. The van der Waals surface area contributed by atoms with Crippen molar-refractivity contribution in [2.45, 2.75) is 13.0 Å². The molecule has 0 spiro atoms. The van der Waals surface area contributed by atoms with Crippen LogP contribution in [0.5, 0.6) is 0 Å². The molecule has 2 aromatic carbocycles. The molecule has 6 nitrogen and oxygen atoms in total. The monoisotopic (exact) mass is 339 g/mol. The molecule has 0 aliphatic carbocycles. The van der Waals surface area contributed by atoms with Crippen molar-refractivity contribution >= 4 is 43.3 Å². The molecule has 2 heterocycles. The van der Waals surface area contributed by atoms with Gasteiger partial charge in [-0.15, -0.1) is 0 Å². The first kappa shape index (κ1) is 14.6. The SMILES string of the molecule is CC(Nc1nc2ccc([N+](=O)[O-])cc2s1)c1cc2ccccc2o1. The van der Waals surface area contributed by atoms with E-state index < -0.39 is 4.92 Å². The smallest absolute Gasteiger partial charge is 0.270 e. The number of para-hydroxylation sites is 1. The molecule has 0 bridgehead atoms. The molecule has 120 valence electrons. The number of non-ortho nitro benzene ring substituents is 1. The van der Waals surface area contributed by atoms with Gasteiger partial charge in [0.25, 0.3) is 5.69 Å². The van der Waals surface area contributed by atoms with Crippen LogP contribution in [0.25, 0.3) is 21.2 Å². The number of aromatic nitrogens is 1. The van der Waals surface area contributed by atoms with Gasteiger partial charge in [0.05, 0.1) is 21.2 Å². The van der Waals surface area contributed by atoms with Crippen molar-refractivity contribution in [2.24, 2.45) is 0 Å². The zero-order valence-electron chi connectivity index (χ0n) is 12.7. The van der Waals surface area contributed by atoms with E-state index in [4.69, 9.17) is 4.42 Å². The molecule has 7 heteroatoms. The van der Waals surface area contributed by atoms with Gasteiger partial charge in [-0.3, -0.25) is 10.1 Å². The standard InChI is InChI=1S/C17H13N3O3S/c1-10(15-8-11-4-2-3-5-14(11)23-15)18-17-19-13-7-6-12(20(21)22)9-16(13)24-17/h2-10H,1H3,(H,18,19). The Morgan fingerprint density at radius 2 is 2.08 bits per heavy atom. The Morgan fingerprint density at radius 1 is 1.25 bits per heavy atom. The summed E-state index contributed by atoms with van der Waals surface area (Å²) >= 11 is 1.39. The second kappa shape index (κ2) is 5.61. The van der Waals surface area contributed by atoms with Crippen LogP contribution in [-0.4, -0.2) is 9.91 Å². The lowest BCUT2D eigenvalue weighted by Crippen LogP contribution is -2.04. The summed E-state index contributed by atoms with van der Waals surface area (Å²) in [6.07, 6.45) is 0. The van der Waals surface area contributed by atoms with Crippen LogP contribution in [0.3, 0.4) is 0 Å². The maximum Gasteiger partial charge on any atom is 0.270 e. The highest BCUT2D eigenvalue weighted by molar-refractivity contribution is 7.22. The highest BCUT2D eigenvalue weighted by Crippen LogP contribution is 2.32. The normalized spacial score (nSPS) is 12.5. The maximum atomic E-state index is 10.9. The van der Waals surface area contributed by atoms with E-state index in [1.807, 2.05) is 37.3 Å². The van der Waals surface area contributed by atoms with E-state index in [0.29, 0.717) is 5.13 Å². The summed E-state index contributed by atoms with van der Waals surface area (Å²) in [5.74, 6) is 0.821. The van der Waals surface area contributed by atoms with Gasteiger partial charge < -0.3 is 9.73 Å². The summed E-state index contributed by atoms with van der Waals surface area (Å²) in [6, 6.07) is 14.5. The zero-order chi connectivity index (χ0) is 16.7. The molecule has 1 N–H and O–H groups in total. The summed E-state index contributed by atoms with van der Waals surface area (Å²) in [6.45, 7) is 1.99. The molecule has 0 amide bonds. The Labute approximate surface area is 140 Å². The molecule has 4 rings (SSSR count). The molecule has 0 aliphatic heterocycles. The van der Waals surface area contributed by atoms with Gasteiger partial charge in [0.15, 0.2) is 5.13 Å². The number of benzene rings is 2. The van der Waals surface area contributed by atoms with E-state index in [2.05, 4.69) is 10.3 Å². The summed E-state index contributed by atoms with van der Waals surface area (Å²) in [5.41, 5.74) is 1.66. The number of nitro benzene ring substituents is 1. The minimum atomic E-state index is -0.400. The van der Waals surface area contributed by atoms with Crippen LogP contribution in [0.4, 0.5) is 10.8 Å². The molecule has 4 aromatic rings. The number of nitrogens with one attached hydrogen (secondary N) is 1. The van der Waals surface area contributed by atoms with Crippen molar-refractivity contribution < 1.29 is 9.34 Å². The summed E-state index contributed by atoms with van der Waals surface area (Å²) in [7, 11) is 0. The van der Waals surface area contributed by atoms with Gasteiger partial charge in [0, 0.05) is 17.5 Å². The number of furan rings is 1. The summed E-state index contributed by atoms with van der Waals surface area (Å²) < 4.78 is 6.63. The van der Waals surface area contributed by atoms with Crippen molar-refractivity contribution in [2.75, 3.05) is 5.32 Å². The predicted octanol–water partition coefficient (Wildman–Crippen LogP) is 5.12. The molecule has 1 atom stereocenters. The Balaban J connectivity index is 1.61. The molecule has 24 heavy (non-hydrogen) atoms. The lowest BCUT2D eigenvalue weighted by Gasteiger charge is -2.09. The zero-order valence-corrected chi connectivity index (χ0v) is 13.5. The third-order valence-electron chi connectivity index (χ3n) is 3.79. The Kier molecular flexibility index (Phi) is 3.42. The molecular weight excluding hydrogens is 326 g/mol. The van der Waals surface area contributed by atoms with Crippen molar-refractivity contribution in [3.05, 3.63) is 64.4 Å². The van der Waals surface area contributed by atoms with Crippen molar-refractivity contribution in [1.29, 1.82) is 0 Å². The fourth-order valence-corrected chi connectivity index (χ4v) is 3.55. The van der Waals surface area contributed by atoms with E-state index in [1.165, 1.54) is 17.4 Å². The van der Waals surface area contributed by atoms with Crippen molar-refractivity contribution in [3.63, 3.8) is 0 Å². The summed E-state index contributed by atoms with van der Waals surface area (Å²) in [4.78, 5) is 14.9. The molecule has 2 aromatic heterocycles. The number of hydrogen-bond donors (Lipinski definition) is 1. The third kappa shape index (κ3) is 2.59. The lowest BCUT2D eigenvalue weighted by molar-refractivity contribution is -0.384. The fraction of sp³-hybridized carbons (Fsp3) is 0.118. The van der Waals surface area contributed by atoms with E-state index in [1.54, 1.807) is 12.1 Å². The Hall–Kier alpha value is -2.93. The van der Waals surface area contributed by atoms with E-state index in [0.717, 1.165) is 26.9 Å². The number of nitrogens with zero attached hydrogens (tertiary/aromatic N) is 2. The van der Waals surface area contributed by atoms with Crippen LogP contribution in [0.15, 0.2) is 52.9 Å². The number of nitro groups is 1. The fourth-order valence-electron chi connectivity index (χ4n) is 2.56. The van der Waals surface area contributed by atoms with Crippen LogP contribution >= 0.6 is 11.3 Å². The number of thiazole rings is 1. The molecule has 0 saturated carbocycles. The first-order chi connectivity index (χ1) is 11.6. The van der Waals surface area contributed by atoms with Gasteiger partial charge >= 0.3 is 0 Å². The molecule has 0 radical (unpaired) electrons. The first-order valence-electron chi connectivity index (χ1n) is 7.40. The quantitative estimate of drug-likeness (QED) is 0.412. The lowest BCUT2D eigenvalue weighted by atomic mass is 10.2.